The molecule has 2 aromatic rings. The number of unbranched alkanes of at least 4 members (excludes halogenated alkanes) is 2. The molecule has 2 rings (SSSR count). The summed E-state index contributed by atoms with van der Waals surface area (Å²) >= 11 is 0. The van der Waals surface area contributed by atoms with Crippen molar-refractivity contribution in [3.05, 3.63) is 54.2 Å². The molecule has 0 bridgehead atoms. The normalized spacial score (nSPS) is 10.3. The van der Waals surface area contributed by atoms with Crippen molar-refractivity contribution in [2.75, 3.05) is 18.0 Å². The molecule has 1 N–H and O–H groups in total. The van der Waals surface area contributed by atoms with Crippen molar-refractivity contribution in [1.29, 1.82) is 0 Å². The minimum Gasteiger partial charge on any atom is -0.352 e. The van der Waals surface area contributed by atoms with Crippen LogP contribution in [0.3, 0.4) is 0 Å². The van der Waals surface area contributed by atoms with Gasteiger partial charge in [-0.05, 0) is 37.6 Å². The average molecular weight is 311 g/mol. The number of rotatable bonds is 8. The lowest BCUT2D eigenvalue weighted by molar-refractivity contribution is 0.0952. The van der Waals surface area contributed by atoms with Crippen molar-refractivity contribution >= 4 is 17.4 Å². The lowest BCUT2D eigenvalue weighted by atomic mass is 10.2. The Labute approximate surface area is 138 Å². The van der Waals surface area contributed by atoms with Crippen molar-refractivity contribution in [1.82, 2.24) is 10.3 Å². The lowest BCUT2D eigenvalue weighted by Crippen LogP contribution is -2.25. The Kier molecular flexibility index (Phi) is 6.60. The maximum Gasteiger partial charge on any atom is 0.252 e. The number of aromatic nitrogens is 1. The zero-order chi connectivity index (χ0) is 16.5. The molecule has 23 heavy (non-hydrogen) atoms. The molecule has 0 radical (unpaired) electrons. The summed E-state index contributed by atoms with van der Waals surface area (Å²) in [5, 5.41) is 2.94. The van der Waals surface area contributed by atoms with Crippen molar-refractivity contribution in [3.8, 4) is 0 Å². The van der Waals surface area contributed by atoms with E-state index in [1.54, 1.807) is 6.20 Å². The van der Waals surface area contributed by atoms with Gasteiger partial charge in [-0.1, -0.05) is 38.0 Å². The van der Waals surface area contributed by atoms with Crippen molar-refractivity contribution in [3.63, 3.8) is 0 Å². The third-order valence-electron chi connectivity index (χ3n) is 3.74. The predicted octanol–water partition coefficient (Wildman–Crippen LogP) is 4.16. The fourth-order valence-electron chi connectivity index (χ4n) is 2.44. The van der Waals surface area contributed by atoms with Gasteiger partial charge in [-0.15, -0.1) is 0 Å². The molecule has 0 unspecified atom stereocenters. The third-order valence-corrected chi connectivity index (χ3v) is 3.74. The molecule has 0 atom stereocenters. The van der Waals surface area contributed by atoms with E-state index in [-0.39, 0.29) is 5.91 Å². The highest BCUT2D eigenvalue weighted by molar-refractivity contribution is 5.94. The van der Waals surface area contributed by atoms with Crippen molar-refractivity contribution in [2.24, 2.45) is 0 Å². The van der Waals surface area contributed by atoms with Crippen LogP contribution in [-0.2, 0) is 0 Å². The summed E-state index contributed by atoms with van der Waals surface area (Å²) in [4.78, 5) is 18.6. The summed E-state index contributed by atoms with van der Waals surface area (Å²) in [6.07, 6.45) is 4.96. The van der Waals surface area contributed by atoms with Gasteiger partial charge in [-0.2, -0.15) is 0 Å². The Morgan fingerprint density at radius 3 is 2.48 bits per heavy atom. The number of hydrogen-bond acceptors (Lipinski definition) is 3. The van der Waals surface area contributed by atoms with Gasteiger partial charge in [0.05, 0.1) is 5.56 Å². The molecular weight excluding hydrogens is 286 g/mol. The van der Waals surface area contributed by atoms with Crippen LogP contribution in [0.1, 0.15) is 43.5 Å². The Morgan fingerprint density at radius 2 is 1.87 bits per heavy atom. The summed E-state index contributed by atoms with van der Waals surface area (Å²) < 4.78 is 0. The van der Waals surface area contributed by atoms with Crippen LogP contribution in [0.4, 0.5) is 11.5 Å². The van der Waals surface area contributed by atoms with Crippen LogP contribution in [0.2, 0.25) is 0 Å². The van der Waals surface area contributed by atoms with Crippen LogP contribution < -0.4 is 10.2 Å². The molecule has 1 amide bonds. The molecule has 0 spiro atoms. The molecule has 4 heteroatoms. The van der Waals surface area contributed by atoms with E-state index >= 15 is 0 Å². The minimum atomic E-state index is -0.0529. The highest BCUT2D eigenvalue weighted by atomic mass is 16.1. The zero-order valence-electron chi connectivity index (χ0n) is 14.0. The van der Waals surface area contributed by atoms with Crippen LogP contribution >= 0.6 is 0 Å². The van der Waals surface area contributed by atoms with Gasteiger partial charge < -0.3 is 10.2 Å². The van der Waals surface area contributed by atoms with Gasteiger partial charge in [0.15, 0.2) is 0 Å². The summed E-state index contributed by atoms with van der Waals surface area (Å²) in [7, 11) is 0. The molecule has 0 aliphatic carbocycles. The van der Waals surface area contributed by atoms with Crippen LogP contribution in [0.5, 0.6) is 0 Å². The van der Waals surface area contributed by atoms with Crippen LogP contribution in [0.15, 0.2) is 48.7 Å². The molecule has 0 aliphatic heterocycles. The van der Waals surface area contributed by atoms with Gasteiger partial charge in [-0.3, -0.25) is 4.79 Å². The number of anilines is 2. The number of para-hydroxylation sites is 1. The smallest absolute Gasteiger partial charge is 0.252 e. The maximum atomic E-state index is 12.1. The third kappa shape index (κ3) is 4.81. The molecule has 0 saturated heterocycles. The Balaban J connectivity index is 2.02. The fraction of sp³-hybridized carbons (Fsp3) is 0.368. The van der Waals surface area contributed by atoms with Crippen LogP contribution in [-0.4, -0.2) is 24.0 Å². The number of nitrogens with one attached hydrogen (secondary N) is 1. The van der Waals surface area contributed by atoms with E-state index in [1.807, 2.05) is 30.3 Å². The quantitative estimate of drug-likeness (QED) is 0.745. The highest BCUT2D eigenvalue weighted by Crippen LogP contribution is 2.22. The number of benzene rings is 1. The largest absolute Gasteiger partial charge is 0.352 e. The number of carbonyl (C=O) groups excluding carboxylic acids is 1. The van der Waals surface area contributed by atoms with Crippen molar-refractivity contribution < 1.29 is 4.79 Å². The first kappa shape index (κ1) is 17.0. The maximum absolute atomic E-state index is 12.1. The molecule has 1 heterocycles. The van der Waals surface area contributed by atoms with Gasteiger partial charge in [0, 0.05) is 25.0 Å². The Morgan fingerprint density at radius 1 is 1.09 bits per heavy atom. The lowest BCUT2D eigenvalue weighted by Gasteiger charge is -2.22. The summed E-state index contributed by atoms with van der Waals surface area (Å²) in [5.41, 5.74) is 1.70. The topological polar surface area (TPSA) is 45.2 Å². The minimum absolute atomic E-state index is 0.0529. The van der Waals surface area contributed by atoms with Gasteiger partial charge in [0.25, 0.3) is 5.91 Å². The summed E-state index contributed by atoms with van der Waals surface area (Å²) in [5.74, 6) is 0.796. The predicted molar refractivity (Wildman–Crippen MR) is 95.2 cm³/mol. The zero-order valence-corrected chi connectivity index (χ0v) is 14.0. The SMILES string of the molecule is CCCCCNC(=O)c1ccc(N(CC)c2ccccc2)nc1. The number of carbonyl (C=O) groups is 1. The first-order valence-corrected chi connectivity index (χ1v) is 8.33. The summed E-state index contributed by atoms with van der Waals surface area (Å²) in [6.45, 7) is 5.78. The molecule has 122 valence electrons. The molecule has 1 aromatic carbocycles. The standard InChI is InChI=1S/C19H25N3O/c1-3-5-9-14-20-19(23)16-12-13-18(21-15-16)22(4-2)17-10-7-6-8-11-17/h6-8,10-13,15H,3-5,9,14H2,1-2H3,(H,20,23). The molecule has 4 nitrogen and oxygen atoms in total. The Bertz CT molecular complexity index is 596. The number of nitrogens with zero attached hydrogens (tertiary/aromatic N) is 2. The summed E-state index contributed by atoms with van der Waals surface area (Å²) in [6, 6.07) is 13.9. The molecular formula is C19H25N3O. The van der Waals surface area contributed by atoms with E-state index in [2.05, 4.69) is 41.2 Å². The van der Waals surface area contributed by atoms with Crippen molar-refractivity contribution in [2.45, 2.75) is 33.1 Å². The second kappa shape index (κ2) is 8.93. The van der Waals surface area contributed by atoms with E-state index < -0.39 is 0 Å². The van der Waals surface area contributed by atoms with Gasteiger partial charge in [-0.25, -0.2) is 4.98 Å². The molecule has 1 aromatic heterocycles. The molecule has 0 aliphatic rings. The second-order valence-electron chi connectivity index (χ2n) is 5.45. The highest BCUT2D eigenvalue weighted by Gasteiger charge is 2.10. The van der Waals surface area contributed by atoms with E-state index in [1.165, 1.54) is 0 Å². The monoisotopic (exact) mass is 311 g/mol. The van der Waals surface area contributed by atoms with Gasteiger partial charge >= 0.3 is 0 Å². The average Bonchev–Trinajstić information content (AvgIpc) is 2.61. The molecule has 0 fully saturated rings. The number of hydrogen-bond donors (Lipinski definition) is 1. The number of amides is 1. The molecule has 0 saturated carbocycles. The first-order chi connectivity index (χ1) is 11.3. The number of pyridine rings is 1. The second-order valence-corrected chi connectivity index (χ2v) is 5.45. The van der Waals surface area contributed by atoms with E-state index in [0.717, 1.165) is 43.9 Å². The van der Waals surface area contributed by atoms with Crippen LogP contribution in [0.25, 0.3) is 0 Å². The van der Waals surface area contributed by atoms with E-state index in [9.17, 15) is 4.79 Å². The van der Waals surface area contributed by atoms with Gasteiger partial charge in [0.2, 0.25) is 0 Å². The first-order valence-electron chi connectivity index (χ1n) is 8.33. The van der Waals surface area contributed by atoms with E-state index in [0.29, 0.717) is 5.56 Å². The fourth-order valence-corrected chi connectivity index (χ4v) is 2.44. The van der Waals surface area contributed by atoms with E-state index in [4.69, 9.17) is 0 Å². The van der Waals surface area contributed by atoms with Crippen LogP contribution in [0, 0.1) is 0 Å². The Hall–Kier alpha value is -2.36. The van der Waals surface area contributed by atoms with Gasteiger partial charge in [0.1, 0.15) is 5.82 Å².